The number of amides is 1. The zero-order valence-corrected chi connectivity index (χ0v) is 8.72. The first kappa shape index (κ1) is 12.7. The molecule has 0 bridgehead atoms. The fraction of sp³-hybridized carbons (Fsp3) is 0.0909. The van der Waals surface area contributed by atoms with E-state index in [9.17, 15) is 14.0 Å². The van der Waals surface area contributed by atoms with E-state index in [1.54, 1.807) is 0 Å². The minimum atomic E-state index is -1.09. The molecule has 0 spiro atoms. The molecule has 1 aromatic rings. The second-order valence-electron chi connectivity index (χ2n) is 3.06. The Balaban J connectivity index is 2.65. The molecule has 0 aromatic heterocycles. The summed E-state index contributed by atoms with van der Waals surface area (Å²) in [6.07, 6.45) is 2.18. The normalized spacial score (nSPS) is 10.4. The van der Waals surface area contributed by atoms with Crippen molar-refractivity contribution in [3.05, 3.63) is 41.7 Å². The summed E-state index contributed by atoms with van der Waals surface area (Å²) in [5.74, 6) is -2.55. The van der Waals surface area contributed by atoms with Crippen LogP contribution in [0.1, 0.15) is 10.4 Å². The Morgan fingerprint density at radius 1 is 1.47 bits per heavy atom. The third-order valence-electron chi connectivity index (χ3n) is 1.81. The number of hydrogen-bond acceptors (Lipinski definition) is 3. The molecule has 0 aliphatic rings. The number of nitrogens with two attached hydrogens (primary N) is 1. The quantitative estimate of drug-likeness (QED) is 0.748. The third kappa shape index (κ3) is 3.94. The number of carboxylic acids is 1. The van der Waals surface area contributed by atoms with Gasteiger partial charge in [0.15, 0.2) is 0 Å². The Bertz CT molecular complexity index is 471. The minimum absolute atomic E-state index is 0.0122. The molecule has 0 aliphatic carbocycles. The molecule has 3 N–H and O–H groups in total. The number of rotatable bonds is 5. The predicted octanol–water partition coefficient (Wildman–Crippen LogP) is 0.944. The predicted molar refractivity (Wildman–Crippen MR) is 57.2 cm³/mol. The van der Waals surface area contributed by atoms with Gasteiger partial charge in [-0.05, 0) is 18.2 Å². The number of aliphatic carboxylic acids is 1. The fourth-order valence-corrected chi connectivity index (χ4v) is 1.08. The minimum Gasteiger partial charge on any atom is -0.489 e. The number of carbonyl (C=O) groups is 2. The molecule has 6 heteroatoms. The molecule has 1 aromatic carbocycles. The van der Waals surface area contributed by atoms with E-state index < -0.39 is 17.7 Å². The van der Waals surface area contributed by atoms with E-state index in [-0.39, 0.29) is 17.9 Å². The summed E-state index contributed by atoms with van der Waals surface area (Å²) in [5, 5.41) is 8.30. The lowest BCUT2D eigenvalue weighted by Gasteiger charge is -2.04. The lowest BCUT2D eigenvalue weighted by molar-refractivity contribution is -0.131. The summed E-state index contributed by atoms with van der Waals surface area (Å²) in [6.45, 7) is -0.0122. The highest BCUT2D eigenvalue weighted by Gasteiger charge is 2.08. The van der Waals surface area contributed by atoms with E-state index in [1.807, 2.05) is 0 Å². The van der Waals surface area contributed by atoms with Gasteiger partial charge in [0.2, 0.25) is 0 Å². The van der Waals surface area contributed by atoms with Crippen LogP contribution in [0.5, 0.6) is 5.75 Å². The fourth-order valence-electron chi connectivity index (χ4n) is 1.08. The van der Waals surface area contributed by atoms with Crippen molar-refractivity contribution in [2.75, 3.05) is 6.61 Å². The van der Waals surface area contributed by atoms with Crippen LogP contribution in [0.4, 0.5) is 4.39 Å². The first-order chi connectivity index (χ1) is 8.00. The van der Waals surface area contributed by atoms with Crippen LogP contribution >= 0.6 is 0 Å². The van der Waals surface area contributed by atoms with Gasteiger partial charge in [0.25, 0.3) is 5.91 Å². The van der Waals surface area contributed by atoms with Gasteiger partial charge < -0.3 is 15.6 Å². The molecule has 90 valence electrons. The number of ether oxygens (including phenoxy) is 1. The summed E-state index contributed by atoms with van der Waals surface area (Å²) in [7, 11) is 0. The molecule has 0 fully saturated rings. The number of carbonyl (C=O) groups excluding carboxylic acids is 1. The van der Waals surface area contributed by atoms with Crippen molar-refractivity contribution < 1.29 is 23.8 Å². The number of halogens is 1. The number of carboxylic acid groups (broad SMARTS) is 1. The zero-order chi connectivity index (χ0) is 12.8. The second-order valence-corrected chi connectivity index (χ2v) is 3.06. The van der Waals surface area contributed by atoms with Gasteiger partial charge in [-0.1, -0.05) is 0 Å². The zero-order valence-electron chi connectivity index (χ0n) is 8.72. The SMILES string of the molecule is NC(=O)c1ccc(OC/C=C/C(=O)O)cc1F. The Hall–Kier alpha value is -2.37. The molecule has 0 heterocycles. The monoisotopic (exact) mass is 239 g/mol. The molecule has 1 amide bonds. The first-order valence-electron chi connectivity index (χ1n) is 4.62. The smallest absolute Gasteiger partial charge is 0.328 e. The van der Waals surface area contributed by atoms with Crippen LogP contribution in [0.15, 0.2) is 30.4 Å². The largest absolute Gasteiger partial charge is 0.489 e. The van der Waals surface area contributed by atoms with E-state index in [0.29, 0.717) is 0 Å². The van der Waals surface area contributed by atoms with Crippen molar-refractivity contribution in [2.45, 2.75) is 0 Å². The molecule has 17 heavy (non-hydrogen) atoms. The van der Waals surface area contributed by atoms with Crippen LogP contribution in [-0.2, 0) is 4.79 Å². The molecule has 5 nitrogen and oxygen atoms in total. The average molecular weight is 239 g/mol. The van der Waals surface area contributed by atoms with Gasteiger partial charge in [0.1, 0.15) is 18.2 Å². The Labute approximate surface area is 96.3 Å². The number of hydrogen-bond donors (Lipinski definition) is 2. The highest BCUT2D eigenvalue weighted by atomic mass is 19.1. The maximum atomic E-state index is 13.2. The van der Waals surface area contributed by atoms with E-state index in [0.717, 1.165) is 12.1 Å². The second kappa shape index (κ2) is 5.64. The van der Waals surface area contributed by atoms with Gasteiger partial charge >= 0.3 is 5.97 Å². The van der Waals surface area contributed by atoms with Gasteiger partial charge in [-0.3, -0.25) is 4.79 Å². The van der Waals surface area contributed by atoms with Crippen LogP contribution in [0, 0.1) is 5.82 Å². The van der Waals surface area contributed by atoms with E-state index in [2.05, 4.69) is 0 Å². The summed E-state index contributed by atoms with van der Waals surface area (Å²) in [4.78, 5) is 20.9. The molecule has 0 unspecified atom stereocenters. The molecule has 0 aliphatic heterocycles. The highest BCUT2D eigenvalue weighted by molar-refractivity contribution is 5.93. The topological polar surface area (TPSA) is 89.6 Å². The Kier molecular flexibility index (Phi) is 4.21. The first-order valence-corrected chi connectivity index (χ1v) is 4.62. The van der Waals surface area contributed by atoms with E-state index in [1.165, 1.54) is 18.2 Å². The molecular formula is C11H10FNO4. The molecule has 0 saturated carbocycles. The molecular weight excluding hydrogens is 229 g/mol. The molecule has 0 atom stereocenters. The molecule has 0 saturated heterocycles. The Morgan fingerprint density at radius 3 is 2.71 bits per heavy atom. The number of benzene rings is 1. The highest BCUT2D eigenvalue weighted by Crippen LogP contribution is 2.16. The van der Waals surface area contributed by atoms with Gasteiger partial charge in [-0.15, -0.1) is 0 Å². The standard InChI is InChI=1S/C11H10FNO4/c12-9-6-7(3-4-8(9)11(13)16)17-5-1-2-10(14)15/h1-4,6H,5H2,(H2,13,16)(H,14,15)/b2-1+. The lowest BCUT2D eigenvalue weighted by atomic mass is 10.2. The van der Waals surface area contributed by atoms with Crippen LogP contribution in [0.2, 0.25) is 0 Å². The maximum Gasteiger partial charge on any atom is 0.328 e. The third-order valence-corrected chi connectivity index (χ3v) is 1.81. The summed E-state index contributed by atoms with van der Waals surface area (Å²) in [6, 6.07) is 3.58. The Morgan fingerprint density at radius 2 is 2.18 bits per heavy atom. The van der Waals surface area contributed by atoms with Crippen LogP contribution < -0.4 is 10.5 Å². The van der Waals surface area contributed by atoms with Crippen molar-refractivity contribution in [1.82, 2.24) is 0 Å². The van der Waals surface area contributed by atoms with Crippen molar-refractivity contribution >= 4 is 11.9 Å². The van der Waals surface area contributed by atoms with Crippen LogP contribution in [0.25, 0.3) is 0 Å². The van der Waals surface area contributed by atoms with Gasteiger partial charge in [-0.2, -0.15) is 0 Å². The average Bonchev–Trinajstić information content (AvgIpc) is 2.23. The molecule has 1 rings (SSSR count). The van der Waals surface area contributed by atoms with Crippen LogP contribution in [-0.4, -0.2) is 23.6 Å². The van der Waals surface area contributed by atoms with E-state index >= 15 is 0 Å². The van der Waals surface area contributed by atoms with Gasteiger partial charge in [0, 0.05) is 12.1 Å². The maximum absolute atomic E-state index is 13.2. The lowest BCUT2D eigenvalue weighted by Crippen LogP contribution is -2.13. The van der Waals surface area contributed by atoms with Crippen LogP contribution in [0.3, 0.4) is 0 Å². The molecule has 0 radical (unpaired) electrons. The van der Waals surface area contributed by atoms with Crippen molar-refractivity contribution in [3.63, 3.8) is 0 Å². The van der Waals surface area contributed by atoms with Gasteiger partial charge in [0.05, 0.1) is 5.56 Å². The van der Waals surface area contributed by atoms with Gasteiger partial charge in [-0.25, -0.2) is 9.18 Å². The van der Waals surface area contributed by atoms with Crippen molar-refractivity contribution in [1.29, 1.82) is 0 Å². The van der Waals surface area contributed by atoms with Crippen molar-refractivity contribution in [2.24, 2.45) is 5.73 Å². The summed E-state index contributed by atoms with van der Waals surface area (Å²) < 4.78 is 18.3. The summed E-state index contributed by atoms with van der Waals surface area (Å²) in [5.41, 5.74) is 4.70. The van der Waals surface area contributed by atoms with Crippen molar-refractivity contribution in [3.8, 4) is 5.75 Å². The summed E-state index contributed by atoms with van der Waals surface area (Å²) >= 11 is 0. The number of primary amides is 1. The van der Waals surface area contributed by atoms with E-state index in [4.69, 9.17) is 15.6 Å².